The first-order valence-electron chi connectivity index (χ1n) is 11.4. The summed E-state index contributed by atoms with van der Waals surface area (Å²) in [4.78, 5) is 18.3. The number of benzene rings is 3. The molecule has 0 amide bonds. The Hall–Kier alpha value is -2.97. The van der Waals surface area contributed by atoms with Crippen LogP contribution in [0, 0.1) is 6.92 Å². The van der Waals surface area contributed by atoms with Gasteiger partial charge in [-0.15, -0.1) is 0 Å². The molecular formula is C28H27Br2N3O3. The van der Waals surface area contributed by atoms with Gasteiger partial charge in [-0.3, -0.25) is 4.79 Å². The highest BCUT2D eigenvalue weighted by Gasteiger charge is 2.23. The molecule has 186 valence electrons. The van der Waals surface area contributed by atoms with Crippen molar-refractivity contribution in [2.45, 2.75) is 39.7 Å². The highest BCUT2D eigenvalue weighted by molar-refractivity contribution is 9.10. The summed E-state index contributed by atoms with van der Waals surface area (Å²) in [5.74, 6) is 1.65. The van der Waals surface area contributed by atoms with Crippen LogP contribution in [0.3, 0.4) is 0 Å². The van der Waals surface area contributed by atoms with Crippen LogP contribution in [0.25, 0.3) is 10.9 Å². The van der Waals surface area contributed by atoms with E-state index < -0.39 is 5.41 Å². The molecule has 0 fully saturated rings. The summed E-state index contributed by atoms with van der Waals surface area (Å²) in [5.41, 5.74) is 2.84. The minimum atomic E-state index is -0.419. The minimum absolute atomic E-state index is 0.244. The summed E-state index contributed by atoms with van der Waals surface area (Å²) in [6.07, 6.45) is 1.61. The second kappa shape index (κ2) is 10.6. The van der Waals surface area contributed by atoms with E-state index in [0.717, 1.165) is 14.5 Å². The maximum atomic E-state index is 13.5. The first kappa shape index (κ1) is 26.1. The number of rotatable bonds is 6. The van der Waals surface area contributed by atoms with E-state index in [1.165, 1.54) is 10.2 Å². The average Bonchev–Trinajstić information content (AvgIpc) is 2.83. The van der Waals surface area contributed by atoms with Gasteiger partial charge in [-0.05, 0) is 42.8 Å². The number of ether oxygens (including phenoxy) is 2. The molecule has 0 unspecified atom stereocenters. The number of nitrogens with zero attached hydrogens (tertiary/aromatic N) is 3. The Kier molecular flexibility index (Phi) is 7.66. The SMILES string of the molecule is COc1cc(Br)cc(C=Nn2c(C(C)(C)C)nc3ccc(Br)cc3c2=O)c1OCc1ccc(C)cc1. The van der Waals surface area contributed by atoms with Crippen molar-refractivity contribution < 1.29 is 9.47 Å². The van der Waals surface area contributed by atoms with Crippen molar-refractivity contribution in [2.75, 3.05) is 7.11 Å². The highest BCUT2D eigenvalue weighted by Crippen LogP contribution is 2.35. The molecule has 1 heterocycles. The molecule has 8 heteroatoms. The van der Waals surface area contributed by atoms with Gasteiger partial charge in [-0.25, -0.2) is 4.98 Å². The zero-order chi connectivity index (χ0) is 26.0. The van der Waals surface area contributed by atoms with Crippen LogP contribution in [0.15, 0.2) is 73.4 Å². The molecular weight excluding hydrogens is 586 g/mol. The van der Waals surface area contributed by atoms with E-state index in [1.807, 2.05) is 76.2 Å². The van der Waals surface area contributed by atoms with Crippen molar-refractivity contribution in [3.63, 3.8) is 0 Å². The van der Waals surface area contributed by atoms with Crippen LogP contribution in [0.4, 0.5) is 0 Å². The largest absolute Gasteiger partial charge is 0.493 e. The molecule has 0 atom stereocenters. The number of methoxy groups -OCH3 is 1. The molecule has 0 aliphatic rings. The maximum Gasteiger partial charge on any atom is 0.282 e. The lowest BCUT2D eigenvalue weighted by atomic mass is 9.95. The molecule has 6 nitrogen and oxygen atoms in total. The Morgan fingerprint density at radius 3 is 2.42 bits per heavy atom. The second-order valence-corrected chi connectivity index (χ2v) is 11.3. The third kappa shape index (κ3) is 5.71. The Labute approximate surface area is 227 Å². The van der Waals surface area contributed by atoms with Gasteiger partial charge >= 0.3 is 0 Å². The quantitative estimate of drug-likeness (QED) is 0.220. The van der Waals surface area contributed by atoms with Gasteiger partial charge in [0.2, 0.25) is 0 Å². The van der Waals surface area contributed by atoms with Crippen molar-refractivity contribution in [1.82, 2.24) is 9.66 Å². The Morgan fingerprint density at radius 2 is 1.75 bits per heavy atom. The van der Waals surface area contributed by atoms with Gasteiger partial charge in [0.1, 0.15) is 12.4 Å². The minimum Gasteiger partial charge on any atom is -0.493 e. The fourth-order valence-electron chi connectivity index (χ4n) is 3.69. The zero-order valence-electron chi connectivity index (χ0n) is 20.8. The predicted molar refractivity (Wildman–Crippen MR) is 152 cm³/mol. The van der Waals surface area contributed by atoms with E-state index in [4.69, 9.17) is 14.5 Å². The Morgan fingerprint density at radius 1 is 1.03 bits per heavy atom. The molecule has 0 aliphatic carbocycles. The van der Waals surface area contributed by atoms with Crippen molar-refractivity contribution in [3.05, 3.63) is 96.4 Å². The van der Waals surface area contributed by atoms with E-state index in [0.29, 0.717) is 40.4 Å². The molecule has 0 N–H and O–H groups in total. The van der Waals surface area contributed by atoms with Gasteiger partial charge in [0.25, 0.3) is 5.56 Å². The number of halogens is 2. The number of fused-ring (bicyclic) bond motifs is 1. The van der Waals surface area contributed by atoms with Crippen LogP contribution in [0.2, 0.25) is 0 Å². The van der Waals surface area contributed by atoms with Crippen LogP contribution >= 0.6 is 31.9 Å². The number of aromatic nitrogens is 2. The topological polar surface area (TPSA) is 65.7 Å². The molecule has 0 radical (unpaired) electrons. The van der Waals surface area contributed by atoms with E-state index in [9.17, 15) is 4.79 Å². The van der Waals surface area contributed by atoms with E-state index in [1.54, 1.807) is 19.4 Å². The van der Waals surface area contributed by atoms with Crippen molar-refractivity contribution >= 4 is 49.0 Å². The maximum absolute atomic E-state index is 13.5. The van der Waals surface area contributed by atoms with E-state index in [-0.39, 0.29) is 5.56 Å². The van der Waals surface area contributed by atoms with Crippen LogP contribution in [0.1, 0.15) is 43.3 Å². The number of hydrogen-bond acceptors (Lipinski definition) is 5. The molecule has 36 heavy (non-hydrogen) atoms. The van der Waals surface area contributed by atoms with Crippen molar-refractivity contribution in [2.24, 2.45) is 5.10 Å². The summed E-state index contributed by atoms with van der Waals surface area (Å²) in [5, 5.41) is 5.09. The summed E-state index contributed by atoms with van der Waals surface area (Å²) in [7, 11) is 1.59. The summed E-state index contributed by atoms with van der Waals surface area (Å²) in [6.45, 7) is 8.42. The fraction of sp³-hybridized carbons (Fsp3) is 0.250. The Bertz CT molecular complexity index is 1500. The summed E-state index contributed by atoms with van der Waals surface area (Å²) < 4.78 is 14.8. The monoisotopic (exact) mass is 611 g/mol. The van der Waals surface area contributed by atoms with E-state index in [2.05, 4.69) is 37.0 Å². The molecule has 1 aromatic heterocycles. The number of hydrogen-bond donors (Lipinski definition) is 0. The highest BCUT2D eigenvalue weighted by atomic mass is 79.9. The van der Waals surface area contributed by atoms with Crippen LogP contribution in [0.5, 0.6) is 11.5 Å². The van der Waals surface area contributed by atoms with Crippen molar-refractivity contribution in [3.8, 4) is 11.5 Å². The van der Waals surface area contributed by atoms with Gasteiger partial charge in [0, 0.05) is 19.9 Å². The predicted octanol–water partition coefficient (Wildman–Crippen LogP) is 7.00. The first-order chi connectivity index (χ1) is 17.1. The molecule has 0 saturated heterocycles. The summed E-state index contributed by atoms with van der Waals surface area (Å²) >= 11 is 6.98. The Balaban J connectivity index is 1.81. The normalized spacial score (nSPS) is 11.9. The van der Waals surface area contributed by atoms with Crippen LogP contribution < -0.4 is 15.0 Å². The molecule has 0 spiro atoms. The van der Waals surface area contributed by atoms with Crippen LogP contribution in [-0.4, -0.2) is 23.0 Å². The third-order valence-corrected chi connectivity index (χ3v) is 6.51. The standard InChI is InChI=1S/C28H27Br2N3O3/c1-17-6-8-18(9-7-17)16-36-25-19(12-21(30)14-24(25)35-5)15-31-33-26(34)22-13-20(29)10-11-23(22)32-27(33)28(2,3)4/h6-15H,16H2,1-5H3. The van der Waals surface area contributed by atoms with Gasteiger partial charge in [0.05, 0.1) is 24.2 Å². The molecule has 4 aromatic rings. The van der Waals surface area contributed by atoms with Gasteiger partial charge in [-0.2, -0.15) is 9.78 Å². The molecule has 0 aliphatic heterocycles. The average molecular weight is 613 g/mol. The smallest absolute Gasteiger partial charge is 0.282 e. The van der Waals surface area contributed by atoms with E-state index >= 15 is 0 Å². The molecule has 0 saturated carbocycles. The van der Waals surface area contributed by atoms with Crippen LogP contribution in [-0.2, 0) is 12.0 Å². The van der Waals surface area contributed by atoms with Gasteiger partial charge < -0.3 is 9.47 Å². The zero-order valence-corrected chi connectivity index (χ0v) is 24.0. The number of aryl methyl sites for hydroxylation is 1. The second-order valence-electron chi connectivity index (χ2n) is 9.51. The lowest BCUT2D eigenvalue weighted by Crippen LogP contribution is -2.29. The fourth-order valence-corrected chi connectivity index (χ4v) is 4.51. The third-order valence-electron chi connectivity index (χ3n) is 5.56. The van der Waals surface area contributed by atoms with Gasteiger partial charge in [0.15, 0.2) is 11.5 Å². The van der Waals surface area contributed by atoms with Gasteiger partial charge in [-0.1, -0.05) is 82.5 Å². The molecule has 3 aromatic carbocycles. The lowest BCUT2D eigenvalue weighted by molar-refractivity contribution is 0.284. The lowest BCUT2D eigenvalue weighted by Gasteiger charge is -2.21. The first-order valence-corrected chi connectivity index (χ1v) is 13.0. The molecule has 0 bridgehead atoms. The molecule has 4 rings (SSSR count). The summed E-state index contributed by atoms with van der Waals surface area (Å²) in [6, 6.07) is 17.3. The van der Waals surface area contributed by atoms with Crippen molar-refractivity contribution in [1.29, 1.82) is 0 Å².